The van der Waals surface area contributed by atoms with Gasteiger partial charge in [0.25, 0.3) is 0 Å². The van der Waals surface area contributed by atoms with Crippen LogP contribution in [0, 0.1) is 0 Å². The van der Waals surface area contributed by atoms with Crippen LogP contribution in [0.4, 0.5) is 5.69 Å². The fraction of sp³-hybridized carbons (Fsp3) is 0.231. The molecule has 5 nitrogen and oxygen atoms in total. The summed E-state index contributed by atoms with van der Waals surface area (Å²) in [6.45, 7) is 3.04. The minimum absolute atomic E-state index is 0.0588. The van der Waals surface area contributed by atoms with Crippen molar-refractivity contribution in [1.29, 1.82) is 0 Å². The summed E-state index contributed by atoms with van der Waals surface area (Å²) >= 11 is 0. The Morgan fingerprint density at radius 2 is 2.17 bits per heavy atom. The summed E-state index contributed by atoms with van der Waals surface area (Å²) in [6.07, 6.45) is 3.55. The third-order valence-corrected chi connectivity index (χ3v) is 2.46. The molecule has 5 heteroatoms. The summed E-state index contributed by atoms with van der Waals surface area (Å²) in [4.78, 5) is 11.7. The first-order valence-electron chi connectivity index (χ1n) is 5.91. The number of amides is 1. The molecule has 2 rings (SSSR count). The molecule has 1 amide bonds. The van der Waals surface area contributed by atoms with E-state index < -0.39 is 0 Å². The molecule has 0 aliphatic carbocycles. The summed E-state index contributed by atoms with van der Waals surface area (Å²) < 4.78 is 1.73. The molecule has 0 saturated heterocycles. The van der Waals surface area contributed by atoms with Gasteiger partial charge in [0.05, 0.1) is 17.9 Å². The molecule has 0 saturated carbocycles. The van der Waals surface area contributed by atoms with E-state index in [1.807, 2.05) is 43.5 Å². The van der Waals surface area contributed by atoms with Crippen molar-refractivity contribution in [3.05, 3.63) is 42.7 Å². The minimum atomic E-state index is -0.0588. The highest BCUT2D eigenvalue weighted by atomic mass is 16.1. The number of aromatic nitrogens is 2. The molecule has 0 bridgehead atoms. The van der Waals surface area contributed by atoms with Gasteiger partial charge in [-0.3, -0.25) is 4.79 Å². The molecule has 0 radical (unpaired) electrons. The molecule has 0 spiro atoms. The Hall–Kier alpha value is -2.14. The van der Waals surface area contributed by atoms with Gasteiger partial charge >= 0.3 is 0 Å². The van der Waals surface area contributed by atoms with Crippen LogP contribution < -0.4 is 10.6 Å². The number of para-hydroxylation sites is 2. The molecule has 2 N–H and O–H groups in total. The lowest BCUT2D eigenvalue weighted by atomic mass is 10.2. The Morgan fingerprint density at radius 1 is 1.33 bits per heavy atom. The molecule has 1 heterocycles. The number of carbonyl (C=O) groups excluding carboxylic acids is 1. The molecular formula is C13H16N4O. The third-order valence-electron chi connectivity index (χ3n) is 2.46. The van der Waals surface area contributed by atoms with Crippen molar-refractivity contribution in [1.82, 2.24) is 15.1 Å². The molecule has 18 heavy (non-hydrogen) atoms. The quantitative estimate of drug-likeness (QED) is 0.836. The lowest BCUT2D eigenvalue weighted by Gasteiger charge is -2.11. The predicted octanol–water partition coefficient (Wildman–Crippen LogP) is 1.42. The number of nitrogens with zero attached hydrogens (tertiary/aromatic N) is 2. The fourth-order valence-corrected chi connectivity index (χ4v) is 1.62. The predicted molar refractivity (Wildman–Crippen MR) is 70.7 cm³/mol. The largest absolute Gasteiger partial charge is 0.323 e. The van der Waals surface area contributed by atoms with Crippen LogP contribution in [-0.4, -0.2) is 28.8 Å². The van der Waals surface area contributed by atoms with Crippen molar-refractivity contribution in [2.24, 2.45) is 0 Å². The van der Waals surface area contributed by atoms with Gasteiger partial charge in [-0.25, -0.2) is 4.68 Å². The zero-order valence-electron chi connectivity index (χ0n) is 10.3. The Bertz CT molecular complexity index is 507. The smallest absolute Gasteiger partial charge is 0.238 e. The number of carbonyl (C=O) groups is 1. The first kappa shape index (κ1) is 12.3. The number of benzene rings is 1. The van der Waals surface area contributed by atoms with Crippen LogP contribution in [0.5, 0.6) is 0 Å². The highest BCUT2D eigenvalue weighted by Crippen LogP contribution is 2.18. The fourth-order valence-electron chi connectivity index (χ4n) is 1.62. The molecule has 0 unspecified atom stereocenters. The van der Waals surface area contributed by atoms with E-state index in [9.17, 15) is 4.79 Å². The highest BCUT2D eigenvalue weighted by Gasteiger charge is 2.07. The summed E-state index contributed by atoms with van der Waals surface area (Å²) in [6, 6.07) is 9.42. The van der Waals surface area contributed by atoms with Crippen LogP contribution in [0.15, 0.2) is 42.7 Å². The van der Waals surface area contributed by atoms with E-state index in [0.717, 1.165) is 17.9 Å². The number of hydrogen-bond acceptors (Lipinski definition) is 3. The average molecular weight is 244 g/mol. The van der Waals surface area contributed by atoms with Gasteiger partial charge in [0, 0.05) is 12.4 Å². The highest BCUT2D eigenvalue weighted by molar-refractivity contribution is 5.94. The second-order valence-corrected chi connectivity index (χ2v) is 3.80. The van der Waals surface area contributed by atoms with E-state index in [1.54, 1.807) is 10.9 Å². The lowest BCUT2D eigenvalue weighted by molar-refractivity contribution is -0.115. The third kappa shape index (κ3) is 2.95. The molecule has 1 aromatic carbocycles. The number of rotatable bonds is 5. The Morgan fingerprint density at radius 3 is 2.89 bits per heavy atom. The van der Waals surface area contributed by atoms with Crippen molar-refractivity contribution in [3.63, 3.8) is 0 Å². The Labute approximate surface area is 106 Å². The van der Waals surface area contributed by atoms with Crippen LogP contribution in [0.2, 0.25) is 0 Å². The van der Waals surface area contributed by atoms with Crippen molar-refractivity contribution in [3.8, 4) is 5.69 Å². The Balaban J connectivity index is 2.16. The van der Waals surface area contributed by atoms with Gasteiger partial charge in [-0.2, -0.15) is 5.10 Å². The van der Waals surface area contributed by atoms with Crippen molar-refractivity contribution in [2.45, 2.75) is 6.92 Å². The van der Waals surface area contributed by atoms with E-state index in [1.165, 1.54) is 0 Å². The van der Waals surface area contributed by atoms with Crippen LogP contribution in [0.1, 0.15) is 6.92 Å². The maximum Gasteiger partial charge on any atom is 0.238 e. The first-order chi connectivity index (χ1) is 8.81. The van der Waals surface area contributed by atoms with Crippen molar-refractivity contribution in [2.75, 3.05) is 18.4 Å². The topological polar surface area (TPSA) is 59.0 Å². The molecule has 0 aliphatic rings. The lowest BCUT2D eigenvalue weighted by Crippen LogP contribution is -2.28. The summed E-state index contributed by atoms with van der Waals surface area (Å²) in [7, 11) is 0. The van der Waals surface area contributed by atoms with Gasteiger partial charge in [0.2, 0.25) is 5.91 Å². The van der Waals surface area contributed by atoms with Crippen molar-refractivity contribution < 1.29 is 4.79 Å². The zero-order valence-corrected chi connectivity index (χ0v) is 10.3. The molecule has 0 atom stereocenters. The number of nitrogens with one attached hydrogen (secondary N) is 2. The van der Waals surface area contributed by atoms with Gasteiger partial charge in [0.15, 0.2) is 0 Å². The normalized spacial score (nSPS) is 10.3. The van der Waals surface area contributed by atoms with E-state index >= 15 is 0 Å². The van der Waals surface area contributed by atoms with Crippen LogP contribution in [0.25, 0.3) is 5.69 Å². The molecule has 94 valence electrons. The van der Waals surface area contributed by atoms with Crippen molar-refractivity contribution >= 4 is 11.6 Å². The molecule has 0 fully saturated rings. The van der Waals surface area contributed by atoms with Gasteiger partial charge in [-0.05, 0) is 24.7 Å². The second-order valence-electron chi connectivity index (χ2n) is 3.80. The maximum absolute atomic E-state index is 11.7. The summed E-state index contributed by atoms with van der Waals surface area (Å²) in [5.41, 5.74) is 1.61. The SMILES string of the molecule is CCNCC(=O)Nc1ccccc1-n1cccn1. The standard InChI is InChI=1S/C13H16N4O/c1-2-14-10-13(18)16-11-6-3-4-7-12(11)17-9-5-8-15-17/h3-9,14H,2,10H2,1H3,(H,16,18). The zero-order chi connectivity index (χ0) is 12.8. The maximum atomic E-state index is 11.7. The van der Waals surface area contributed by atoms with E-state index in [2.05, 4.69) is 15.7 Å². The van der Waals surface area contributed by atoms with E-state index in [4.69, 9.17) is 0 Å². The summed E-state index contributed by atoms with van der Waals surface area (Å²) in [5, 5.41) is 10.0. The average Bonchev–Trinajstić information content (AvgIpc) is 2.91. The second kappa shape index (κ2) is 5.97. The molecule has 1 aromatic heterocycles. The molecular weight excluding hydrogens is 228 g/mol. The van der Waals surface area contributed by atoms with Gasteiger partial charge in [0.1, 0.15) is 0 Å². The van der Waals surface area contributed by atoms with Crippen LogP contribution in [0.3, 0.4) is 0 Å². The van der Waals surface area contributed by atoms with E-state index in [0.29, 0.717) is 6.54 Å². The van der Waals surface area contributed by atoms with Crippen LogP contribution >= 0.6 is 0 Å². The first-order valence-corrected chi connectivity index (χ1v) is 5.91. The monoisotopic (exact) mass is 244 g/mol. The molecule has 2 aromatic rings. The number of hydrogen-bond donors (Lipinski definition) is 2. The van der Waals surface area contributed by atoms with Gasteiger partial charge in [-0.15, -0.1) is 0 Å². The van der Waals surface area contributed by atoms with Gasteiger partial charge in [-0.1, -0.05) is 19.1 Å². The Kier molecular flexibility index (Phi) is 4.09. The van der Waals surface area contributed by atoms with Gasteiger partial charge < -0.3 is 10.6 Å². The van der Waals surface area contributed by atoms with E-state index in [-0.39, 0.29) is 5.91 Å². The minimum Gasteiger partial charge on any atom is -0.323 e. The van der Waals surface area contributed by atoms with Crippen LogP contribution in [-0.2, 0) is 4.79 Å². The number of anilines is 1. The summed E-state index contributed by atoms with van der Waals surface area (Å²) in [5.74, 6) is -0.0588. The molecule has 0 aliphatic heterocycles. The number of likely N-dealkylation sites (N-methyl/N-ethyl adjacent to an activating group) is 1.